The fourth-order valence-electron chi connectivity index (χ4n) is 4.07. The van der Waals surface area contributed by atoms with Crippen molar-refractivity contribution in [3.63, 3.8) is 0 Å². The zero-order valence-electron chi connectivity index (χ0n) is 17.4. The molecule has 0 saturated carbocycles. The highest BCUT2D eigenvalue weighted by Crippen LogP contribution is 2.35. The van der Waals surface area contributed by atoms with Gasteiger partial charge in [-0.1, -0.05) is 41.9 Å². The SMILES string of the molecule is Cc1cc2n[nH]c(=O)n2c2cc(-c3cccc(CNCc4cccc(Cl)c4)c3)c(O)cc12. The van der Waals surface area contributed by atoms with E-state index in [9.17, 15) is 9.90 Å². The third-order valence-corrected chi connectivity index (χ3v) is 5.84. The molecule has 160 valence electrons. The Morgan fingerprint density at radius 2 is 1.78 bits per heavy atom. The monoisotopic (exact) mass is 444 g/mol. The Bertz CT molecular complexity index is 1520. The molecule has 32 heavy (non-hydrogen) atoms. The van der Waals surface area contributed by atoms with E-state index in [2.05, 4.69) is 15.5 Å². The second kappa shape index (κ2) is 8.15. The van der Waals surface area contributed by atoms with Crippen molar-refractivity contribution in [2.45, 2.75) is 20.0 Å². The van der Waals surface area contributed by atoms with Crippen molar-refractivity contribution in [3.8, 4) is 16.9 Å². The van der Waals surface area contributed by atoms with Crippen molar-refractivity contribution in [2.75, 3.05) is 0 Å². The largest absolute Gasteiger partial charge is 0.507 e. The van der Waals surface area contributed by atoms with E-state index in [4.69, 9.17) is 11.6 Å². The predicted octanol–water partition coefficient (Wildman–Crippen LogP) is 4.80. The van der Waals surface area contributed by atoms with Crippen LogP contribution in [0.3, 0.4) is 0 Å². The molecular weight excluding hydrogens is 424 g/mol. The number of fused-ring (bicyclic) bond motifs is 3. The molecule has 0 saturated heterocycles. The molecule has 3 aromatic carbocycles. The minimum Gasteiger partial charge on any atom is -0.507 e. The van der Waals surface area contributed by atoms with Gasteiger partial charge < -0.3 is 10.4 Å². The second-order valence-electron chi connectivity index (χ2n) is 7.87. The van der Waals surface area contributed by atoms with E-state index in [1.807, 2.05) is 67.6 Å². The van der Waals surface area contributed by atoms with Gasteiger partial charge in [-0.25, -0.2) is 14.3 Å². The van der Waals surface area contributed by atoms with Crippen LogP contribution in [0.25, 0.3) is 27.7 Å². The van der Waals surface area contributed by atoms with Crippen LogP contribution in [-0.4, -0.2) is 19.7 Å². The van der Waals surface area contributed by atoms with Crippen LogP contribution in [0, 0.1) is 6.92 Å². The molecule has 0 fully saturated rings. The molecule has 0 aliphatic carbocycles. The number of benzene rings is 3. The first kappa shape index (κ1) is 20.3. The van der Waals surface area contributed by atoms with Gasteiger partial charge in [0.25, 0.3) is 0 Å². The zero-order chi connectivity index (χ0) is 22.2. The number of aromatic amines is 1. The number of halogens is 1. The van der Waals surface area contributed by atoms with E-state index in [0.717, 1.165) is 32.7 Å². The van der Waals surface area contributed by atoms with Gasteiger partial charge in [0.2, 0.25) is 0 Å². The first-order chi connectivity index (χ1) is 15.5. The molecular formula is C25H21ClN4O2. The Hall–Kier alpha value is -3.61. The number of nitrogens with one attached hydrogen (secondary N) is 2. The molecule has 2 aromatic heterocycles. The third kappa shape index (κ3) is 3.75. The maximum Gasteiger partial charge on any atom is 0.348 e. The van der Waals surface area contributed by atoms with Crippen LogP contribution in [0.4, 0.5) is 0 Å². The van der Waals surface area contributed by atoms with Crippen molar-refractivity contribution in [2.24, 2.45) is 0 Å². The quantitative estimate of drug-likeness (QED) is 0.363. The van der Waals surface area contributed by atoms with E-state index in [0.29, 0.717) is 29.8 Å². The first-order valence-electron chi connectivity index (χ1n) is 10.3. The summed E-state index contributed by atoms with van der Waals surface area (Å²) in [5, 5.41) is 22.3. The Morgan fingerprint density at radius 3 is 2.56 bits per heavy atom. The highest BCUT2D eigenvalue weighted by Gasteiger charge is 2.13. The average Bonchev–Trinajstić information content (AvgIpc) is 3.14. The summed E-state index contributed by atoms with van der Waals surface area (Å²) in [6.45, 7) is 3.30. The maximum atomic E-state index is 12.3. The summed E-state index contributed by atoms with van der Waals surface area (Å²) < 4.78 is 1.53. The average molecular weight is 445 g/mol. The van der Waals surface area contributed by atoms with Gasteiger partial charge in [0.15, 0.2) is 5.65 Å². The minimum absolute atomic E-state index is 0.167. The lowest BCUT2D eigenvalue weighted by molar-refractivity contribution is 0.478. The molecule has 6 nitrogen and oxygen atoms in total. The molecule has 0 radical (unpaired) electrons. The Balaban J connectivity index is 1.48. The lowest BCUT2D eigenvalue weighted by Crippen LogP contribution is -2.12. The summed E-state index contributed by atoms with van der Waals surface area (Å²) in [6, 6.07) is 21.1. The molecule has 5 rings (SSSR count). The lowest BCUT2D eigenvalue weighted by Gasteiger charge is -2.12. The highest BCUT2D eigenvalue weighted by atomic mass is 35.5. The zero-order valence-corrected chi connectivity index (χ0v) is 18.1. The molecule has 0 aliphatic heterocycles. The molecule has 3 N–H and O–H groups in total. The first-order valence-corrected chi connectivity index (χ1v) is 10.7. The molecule has 0 atom stereocenters. The number of nitrogens with zero attached hydrogens (tertiary/aromatic N) is 2. The fraction of sp³-hybridized carbons (Fsp3) is 0.120. The van der Waals surface area contributed by atoms with Crippen LogP contribution >= 0.6 is 11.6 Å². The van der Waals surface area contributed by atoms with Crippen LogP contribution in [0.5, 0.6) is 5.75 Å². The van der Waals surface area contributed by atoms with Crippen molar-refractivity contribution in [1.82, 2.24) is 19.9 Å². The van der Waals surface area contributed by atoms with E-state index >= 15 is 0 Å². The van der Waals surface area contributed by atoms with E-state index in [1.54, 1.807) is 6.07 Å². The van der Waals surface area contributed by atoms with Crippen molar-refractivity contribution in [3.05, 3.63) is 98.9 Å². The van der Waals surface area contributed by atoms with Gasteiger partial charge in [-0.15, -0.1) is 0 Å². The van der Waals surface area contributed by atoms with E-state index < -0.39 is 0 Å². The second-order valence-corrected chi connectivity index (χ2v) is 8.31. The lowest BCUT2D eigenvalue weighted by atomic mass is 9.99. The standard InChI is InChI=1S/C25H21ClN4O2/c1-15-8-24-28-29-25(32)30(24)22-11-21(23(31)12-20(15)22)18-6-2-4-16(9-18)13-27-14-17-5-3-7-19(26)10-17/h2-12,27,31H,13-14H2,1H3,(H,29,32). The van der Waals surface area contributed by atoms with Crippen LogP contribution < -0.4 is 11.0 Å². The summed E-state index contributed by atoms with van der Waals surface area (Å²) in [4.78, 5) is 12.3. The van der Waals surface area contributed by atoms with Crippen LogP contribution in [0.2, 0.25) is 5.02 Å². The number of phenolic OH excluding ortho intramolecular Hbond substituents is 1. The number of aryl methyl sites for hydroxylation is 1. The number of hydrogen-bond donors (Lipinski definition) is 3. The topological polar surface area (TPSA) is 82.4 Å². The van der Waals surface area contributed by atoms with Crippen molar-refractivity contribution in [1.29, 1.82) is 0 Å². The summed E-state index contributed by atoms with van der Waals surface area (Å²) in [5.74, 6) is 0.167. The molecule has 0 unspecified atom stereocenters. The molecule has 2 heterocycles. The van der Waals surface area contributed by atoms with Crippen LogP contribution in [0.1, 0.15) is 16.7 Å². The third-order valence-electron chi connectivity index (χ3n) is 5.61. The normalized spacial score (nSPS) is 11.4. The van der Waals surface area contributed by atoms with Gasteiger partial charge in [-0.2, -0.15) is 5.10 Å². The van der Waals surface area contributed by atoms with Gasteiger partial charge in [0, 0.05) is 29.1 Å². The molecule has 0 aliphatic rings. The number of H-pyrrole nitrogens is 1. The number of aromatic nitrogens is 3. The maximum absolute atomic E-state index is 12.3. The van der Waals surface area contributed by atoms with Gasteiger partial charge in [0.1, 0.15) is 5.75 Å². The summed E-state index contributed by atoms with van der Waals surface area (Å²) in [6.07, 6.45) is 0. The van der Waals surface area contributed by atoms with Gasteiger partial charge in [-0.3, -0.25) is 0 Å². The van der Waals surface area contributed by atoms with Crippen molar-refractivity contribution < 1.29 is 5.11 Å². The molecule has 7 heteroatoms. The summed E-state index contributed by atoms with van der Waals surface area (Å²) >= 11 is 6.06. The molecule has 0 bridgehead atoms. The number of phenols is 1. The number of pyridine rings is 1. The summed E-state index contributed by atoms with van der Waals surface area (Å²) in [7, 11) is 0. The smallest absolute Gasteiger partial charge is 0.348 e. The van der Waals surface area contributed by atoms with Gasteiger partial charge >= 0.3 is 5.69 Å². The number of hydrogen-bond acceptors (Lipinski definition) is 4. The minimum atomic E-state index is -0.305. The predicted molar refractivity (Wildman–Crippen MR) is 127 cm³/mol. The number of aromatic hydroxyl groups is 1. The fourth-order valence-corrected chi connectivity index (χ4v) is 4.28. The number of rotatable bonds is 5. The molecule has 5 aromatic rings. The van der Waals surface area contributed by atoms with Crippen molar-refractivity contribution >= 4 is 28.2 Å². The van der Waals surface area contributed by atoms with E-state index in [1.165, 1.54) is 4.40 Å². The molecule has 0 amide bonds. The Kier molecular flexibility index (Phi) is 5.17. The van der Waals surface area contributed by atoms with E-state index in [-0.39, 0.29) is 11.4 Å². The van der Waals surface area contributed by atoms with Gasteiger partial charge in [0.05, 0.1) is 5.52 Å². The summed E-state index contributed by atoms with van der Waals surface area (Å²) in [5.41, 5.74) is 5.62. The Morgan fingerprint density at radius 1 is 1.03 bits per heavy atom. The Labute approximate surface area is 189 Å². The van der Waals surface area contributed by atoms with Gasteiger partial charge in [-0.05, 0) is 65.6 Å². The highest BCUT2D eigenvalue weighted by molar-refractivity contribution is 6.30. The van der Waals surface area contributed by atoms with Crippen LogP contribution in [-0.2, 0) is 13.1 Å². The van der Waals surface area contributed by atoms with Crippen LogP contribution in [0.15, 0.2) is 71.5 Å². The molecule has 0 spiro atoms.